The molecule has 0 aromatic rings. The summed E-state index contributed by atoms with van der Waals surface area (Å²) in [5.41, 5.74) is 2.46. The second-order valence-electron chi connectivity index (χ2n) is 2.06. The lowest BCUT2D eigenvalue weighted by Crippen LogP contribution is -2.43. The van der Waals surface area contributed by atoms with Crippen molar-refractivity contribution in [2.24, 2.45) is 10.8 Å². The fourth-order valence-electron chi connectivity index (χ4n) is 0.958. The molecular weight excluding hydrogens is 259 g/mol. The zero-order valence-corrected chi connectivity index (χ0v) is 8.49. The standard InChI is InChI=1S/C5H12N4O.HI/c6-8-5-7-1-2-9(5)3-4-10;/h10H,1-4,6H2,(H,7,8);1H. The molecule has 1 heterocycles. The van der Waals surface area contributed by atoms with Crippen LogP contribution < -0.4 is 11.3 Å². The van der Waals surface area contributed by atoms with Gasteiger partial charge in [0.15, 0.2) is 0 Å². The van der Waals surface area contributed by atoms with Crippen LogP contribution in [0.3, 0.4) is 0 Å². The summed E-state index contributed by atoms with van der Waals surface area (Å²) in [5.74, 6) is 5.83. The Morgan fingerprint density at radius 2 is 2.45 bits per heavy atom. The first kappa shape index (κ1) is 10.9. The van der Waals surface area contributed by atoms with Crippen LogP contribution in [0.15, 0.2) is 4.99 Å². The van der Waals surface area contributed by atoms with E-state index in [1.807, 2.05) is 4.90 Å². The van der Waals surface area contributed by atoms with Crippen LogP contribution in [0.2, 0.25) is 0 Å². The van der Waals surface area contributed by atoms with E-state index < -0.39 is 0 Å². The van der Waals surface area contributed by atoms with E-state index in [2.05, 4.69) is 10.4 Å². The summed E-state index contributed by atoms with van der Waals surface area (Å²) in [6, 6.07) is 0. The Bertz CT molecular complexity index is 140. The van der Waals surface area contributed by atoms with Gasteiger partial charge in [-0.15, -0.1) is 24.0 Å². The Morgan fingerprint density at radius 3 is 3.00 bits per heavy atom. The topological polar surface area (TPSA) is 73.9 Å². The van der Waals surface area contributed by atoms with Gasteiger partial charge in [-0.3, -0.25) is 10.4 Å². The first-order valence-electron chi connectivity index (χ1n) is 3.25. The van der Waals surface area contributed by atoms with Crippen LogP contribution in [0.4, 0.5) is 0 Å². The molecule has 0 radical (unpaired) electrons. The SMILES string of the molecule is I.NNC1=NCCN1CCO. The number of rotatable bonds is 2. The molecule has 0 aromatic heterocycles. The van der Waals surface area contributed by atoms with Gasteiger partial charge in [-0.05, 0) is 0 Å². The second kappa shape index (κ2) is 5.56. The molecule has 1 rings (SSSR count). The second-order valence-corrected chi connectivity index (χ2v) is 2.06. The Balaban J connectivity index is 0.000001000. The molecule has 1 aliphatic rings. The van der Waals surface area contributed by atoms with Gasteiger partial charge in [0.2, 0.25) is 5.96 Å². The van der Waals surface area contributed by atoms with E-state index in [0.717, 1.165) is 13.1 Å². The molecule has 0 atom stereocenters. The van der Waals surface area contributed by atoms with Crippen LogP contribution in [-0.4, -0.2) is 42.2 Å². The lowest BCUT2D eigenvalue weighted by Gasteiger charge is -2.17. The number of aliphatic hydroxyl groups is 1. The van der Waals surface area contributed by atoms with Crippen molar-refractivity contribution >= 4 is 29.9 Å². The highest BCUT2D eigenvalue weighted by Crippen LogP contribution is 1.96. The first-order valence-corrected chi connectivity index (χ1v) is 3.25. The third kappa shape index (κ3) is 2.80. The van der Waals surface area contributed by atoms with E-state index in [4.69, 9.17) is 10.9 Å². The normalized spacial score (nSPS) is 15.8. The molecule has 0 saturated heterocycles. The first-order chi connectivity index (χ1) is 4.88. The van der Waals surface area contributed by atoms with Gasteiger partial charge in [-0.1, -0.05) is 0 Å². The summed E-state index contributed by atoms with van der Waals surface area (Å²) in [7, 11) is 0. The van der Waals surface area contributed by atoms with E-state index >= 15 is 0 Å². The van der Waals surface area contributed by atoms with E-state index in [-0.39, 0.29) is 30.6 Å². The highest BCUT2D eigenvalue weighted by atomic mass is 127. The highest BCUT2D eigenvalue weighted by molar-refractivity contribution is 14.0. The fourth-order valence-corrected chi connectivity index (χ4v) is 0.958. The molecule has 0 aromatic carbocycles. The molecule has 11 heavy (non-hydrogen) atoms. The van der Waals surface area contributed by atoms with E-state index in [1.54, 1.807) is 0 Å². The molecular formula is C5H13IN4O. The van der Waals surface area contributed by atoms with Gasteiger partial charge in [0.25, 0.3) is 0 Å². The number of nitrogens with two attached hydrogens (primary N) is 1. The number of hydrogen-bond donors (Lipinski definition) is 3. The number of aliphatic hydroxyl groups excluding tert-OH is 1. The van der Waals surface area contributed by atoms with Gasteiger partial charge >= 0.3 is 0 Å². The van der Waals surface area contributed by atoms with Crippen molar-refractivity contribution < 1.29 is 5.11 Å². The smallest absolute Gasteiger partial charge is 0.208 e. The summed E-state index contributed by atoms with van der Waals surface area (Å²) >= 11 is 0. The summed E-state index contributed by atoms with van der Waals surface area (Å²) < 4.78 is 0. The lowest BCUT2D eigenvalue weighted by atomic mass is 10.5. The van der Waals surface area contributed by atoms with Gasteiger partial charge < -0.3 is 10.0 Å². The molecule has 0 amide bonds. The largest absolute Gasteiger partial charge is 0.395 e. The van der Waals surface area contributed by atoms with Crippen LogP contribution in [-0.2, 0) is 0 Å². The van der Waals surface area contributed by atoms with E-state index in [0.29, 0.717) is 12.5 Å². The Labute approximate surface area is 82.6 Å². The molecule has 6 heteroatoms. The minimum atomic E-state index is 0. The number of nitrogens with one attached hydrogen (secondary N) is 1. The van der Waals surface area contributed by atoms with Crippen LogP contribution in [0.25, 0.3) is 0 Å². The predicted octanol–water partition coefficient (Wildman–Crippen LogP) is -1.27. The molecule has 0 saturated carbocycles. The summed E-state index contributed by atoms with van der Waals surface area (Å²) in [6.45, 7) is 2.35. The number of guanidine groups is 1. The van der Waals surface area contributed by atoms with Crippen molar-refractivity contribution in [3.8, 4) is 0 Å². The van der Waals surface area contributed by atoms with Gasteiger partial charge in [0.05, 0.1) is 13.2 Å². The average Bonchev–Trinajstić information content (AvgIpc) is 2.36. The molecule has 0 aliphatic carbocycles. The zero-order valence-electron chi connectivity index (χ0n) is 6.16. The van der Waals surface area contributed by atoms with Crippen molar-refractivity contribution in [3.63, 3.8) is 0 Å². The third-order valence-corrected chi connectivity index (χ3v) is 1.43. The molecule has 0 unspecified atom stereocenters. The number of hydrogen-bond acceptors (Lipinski definition) is 5. The fraction of sp³-hybridized carbons (Fsp3) is 0.800. The number of nitrogens with zero attached hydrogens (tertiary/aromatic N) is 2. The third-order valence-electron chi connectivity index (χ3n) is 1.43. The molecule has 5 nitrogen and oxygen atoms in total. The highest BCUT2D eigenvalue weighted by Gasteiger charge is 2.13. The van der Waals surface area contributed by atoms with Crippen LogP contribution in [0.1, 0.15) is 0 Å². The molecule has 0 spiro atoms. The monoisotopic (exact) mass is 272 g/mol. The number of hydrazine groups is 1. The maximum Gasteiger partial charge on any atom is 0.208 e. The van der Waals surface area contributed by atoms with Crippen LogP contribution in [0.5, 0.6) is 0 Å². The summed E-state index contributed by atoms with van der Waals surface area (Å²) in [6.07, 6.45) is 0. The Hall–Kier alpha value is -0.0800. The minimum Gasteiger partial charge on any atom is -0.395 e. The summed E-state index contributed by atoms with van der Waals surface area (Å²) in [4.78, 5) is 5.95. The average molecular weight is 272 g/mol. The number of aliphatic imine (C=N–C) groups is 1. The van der Waals surface area contributed by atoms with Gasteiger partial charge in [-0.2, -0.15) is 0 Å². The maximum absolute atomic E-state index is 8.57. The van der Waals surface area contributed by atoms with Crippen molar-refractivity contribution in [1.29, 1.82) is 0 Å². The molecule has 4 N–H and O–H groups in total. The summed E-state index contributed by atoms with van der Waals surface area (Å²) in [5, 5.41) is 8.57. The van der Waals surface area contributed by atoms with E-state index in [1.165, 1.54) is 0 Å². The molecule has 1 aliphatic heterocycles. The zero-order chi connectivity index (χ0) is 7.40. The Kier molecular flexibility index (Phi) is 5.51. The minimum absolute atomic E-state index is 0. The molecule has 0 bridgehead atoms. The van der Waals surface area contributed by atoms with Crippen LogP contribution in [0, 0.1) is 0 Å². The number of halogens is 1. The van der Waals surface area contributed by atoms with Gasteiger partial charge in [0, 0.05) is 13.1 Å². The molecule has 0 fully saturated rings. The van der Waals surface area contributed by atoms with Gasteiger partial charge in [-0.25, -0.2) is 5.84 Å². The quantitative estimate of drug-likeness (QED) is 0.333. The maximum atomic E-state index is 8.57. The van der Waals surface area contributed by atoms with Gasteiger partial charge in [0.1, 0.15) is 0 Å². The Morgan fingerprint density at radius 1 is 1.73 bits per heavy atom. The number of β-amino-alcohol motifs (C(OH)–C–C–N with tert-alkyl or cyclic N) is 1. The predicted molar refractivity (Wildman–Crippen MR) is 53.7 cm³/mol. The van der Waals surface area contributed by atoms with Crippen molar-refractivity contribution in [1.82, 2.24) is 10.3 Å². The van der Waals surface area contributed by atoms with Crippen LogP contribution >= 0.6 is 24.0 Å². The van der Waals surface area contributed by atoms with Crippen molar-refractivity contribution in [3.05, 3.63) is 0 Å². The van der Waals surface area contributed by atoms with Crippen molar-refractivity contribution in [2.75, 3.05) is 26.2 Å². The molecule has 66 valence electrons. The van der Waals surface area contributed by atoms with Crippen molar-refractivity contribution in [2.45, 2.75) is 0 Å². The van der Waals surface area contributed by atoms with E-state index in [9.17, 15) is 0 Å². The lowest BCUT2D eigenvalue weighted by molar-refractivity contribution is 0.254.